The number of rotatable bonds is 4. The molecule has 0 saturated heterocycles. The van der Waals surface area contributed by atoms with Gasteiger partial charge in [0.25, 0.3) is 0 Å². The van der Waals surface area contributed by atoms with E-state index >= 15 is 0 Å². The molecule has 0 heterocycles. The van der Waals surface area contributed by atoms with Crippen molar-refractivity contribution in [1.29, 1.82) is 0 Å². The molecule has 4 heteroatoms. The minimum atomic E-state index is 0.109. The maximum Gasteiger partial charge on any atom is 0.230 e. The van der Waals surface area contributed by atoms with E-state index < -0.39 is 0 Å². The number of aromatic hydroxyl groups is 1. The second kappa shape index (κ2) is 6.85. The van der Waals surface area contributed by atoms with Crippen molar-refractivity contribution in [3.05, 3.63) is 24.3 Å². The summed E-state index contributed by atoms with van der Waals surface area (Å²) in [5, 5.41) is 12.3. The lowest BCUT2D eigenvalue weighted by molar-refractivity contribution is -0.119. The molecule has 0 radical (unpaired) electrons. The van der Waals surface area contributed by atoms with Gasteiger partial charge in [0.2, 0.25) is 5.91 Å². The van der Waals surface area contributed by atoms with Crippen molar-refractivity contribution in [3.8, 4) is 5.75 Å². The topological polar surface area (TPSA) is 49.3 Å². The van der Waals surface area contributed by atoms with Crippen LogP contribution in [0.1, 0.15) is 32.6 Å². The van der Waals surface area contributed by atoms with Gasteiger partial charge in [-0.2, -0.15) is 0 Å². The normalized spacial score (nSPS) is 23.0. The zero-order valence-corrected chi connectivity index (χ0v) is 12.1. The van der Waals surface area contributed by atoms with E-state index in [0.717, 1.165) is 23.7 Å². The third-order valence-electron chi connectivity index (χ3n) is 3.59. The first-order valence-corrected chi connectivity index (χ1v) is 7.83. The summed E-state index contributed by atoms with van der Waals surface area (Å²) in [6, 6.07) is 7.31. The SMILES string of the molecule is CC1CCC(NC(=O)CSc2ccc(O)cc2)CC1. The molecule has 1 aliphatic rings. The molecular weight excluding hydrogens is 258 g/mol. The number of thioether (sulfide) groups is 1. The molecule has 0 atom stereocenters. The Hall–Kier alpha value is -1.16. The van der Waals surface area contributed by atoms with Crippen LogP contribution in [0.2, 0.25) is 0 Å². The summed E-state index contributed by atoms with van der Waals surface area (Å²) in [6.07, 6.45) is 4.65. The van der Waals surface area contributed by atoms with E-state index in [-0.39, 0.29) is 11.7 Å². The zero-order valence-electron chi connectivity index (χ0n) is 11.3. The Morgan fingerprint density at radius 3 is 2.53 bits per heavy atom. The number of phenolic OH excluding ortho intramolecular Hbond substituents is 1. The highest BCUT2D eigenvalue weighted by Crippen LogP contribution is 2.24. The van der Waals surface area contributed by atoms with Crippen molar-refractivity contribution in [2.45, 2.75) is 43.5 Å². The molecular formula is C15H21NO2S. The van der Waals surface area contributed by atoms with Crippen LogP contribution < -0.4 is 5.32 Å². The summed E-state index contributed by atoms with van der Waals surface area (Å²) >= 11 is 1.50. The van der Waals surface area contributed by atoms with Crippen LogP contribution in [-0.2, 0) is 4.79 Å². The highest BCUT2D eigenvalue weighted by Gasteiger charge is 2.19. The Balaban J connectivity index is 1.71. The average molecular weight is 279 g/mol. The maximum absolute atomic E-state index is 11.9. The average Bonchev–Trinajstić information content (AvgIpc) is 2.41. The Morgan fingerprint density at radius 2 is 1.89 bits per heavy atom. The number of amides is 1. The van der Waals surface area contributed by atoms with Gasteiger partial charge in [0.1, 0.15) is 5.75 Å². The standard InChI is InChI=1S/C15H21NO2S/c1-11-2-4-12(5-3-11)16-15(18)10-19-14-8-6-13(17)7-9-14/h6-9,11-12,17H,2-5,10H2,1H3,(H,16,18). The lowest BCUT2D eigenvalue weighted by atomic mass is 9.87. The molecule has 0 aliphatic heterocycles. The van der Waals surface area contributed by atoms with E-state index in [2.05, 4.69) is 12.2 Å². The number of nitrogens with one attached hydrogen (secondary N) is 1. The van der Waals surface area contributed by atoms with Gasteiger partial charge in [-0.25, -0.2) is 0 Å². The van der Waals surface area contributed by atoms with Crippen molar-refractivity contribution in [3.63, 3.8) is 0 Å². The Morgan fingerprint density at radius 1 is 1.26 bits per heavy atom. The van der Waals surface area contributed by atoms with Crippen LogP contribution in [0.3, 0.4) is 0 Å². The number of benzene rings is 1. The fourth-order valence-electron chi connectivity index (χ4n) is 2.36. The molecule has 1 amide bonds. The summed E-state index contributed by atoms with van der Waals surface area (Å²) in [4.78, 5) is 12.9. The Kier molecular flexibility index (Phi) is 5.14. The molecule has 1 aromatic carbocycles. The molecule has 0 aromatic heterocycles. The Labute approximate surface area is 118 Å². The molecule has 1 aliphatic carbocycles. The molecule has 1 fully saturated rings. The number of hydrogen-bond acceptors (Lipinski definition) is 3. The van der Waals surface area contributed by atoms with Gasteiger partial charge in [0.05, 0.1) is 5.75 Å². The Bertz CT molecular complexity index is 411. The summed E-state index contributed by atoms with van der Waals surface area (Å²) in [6.45, 7) is 2.28. The minimum Gasteiger partial charge on any atom is -0.508 e. The van der Waals surface area contributed by atoms with Gasteiger partial charge in [0, 0.05) is 10.9 Å². The summed E-state index contributed by atoms with van der Waals surface area (Å²) in [7, 11) is 0. The predicted molar refractivity (Wildman–Crippen MR) is 78.4 cm³/mol. The molecule has 2 N–H and O–H groups in total. The van der Waals surface area contributed by atoms with Crippen LogP contribution >= 0.6 is 11.8 Å². The second-order valence-electron chi connectivity index (χ2n) is 5.31. The monoisotopic (exact) mass is 279 g/mol. The van der Waals surface area contributed by atoms with Crippen LogP contribution in [-0.4, -0.2) is 22.8 Å². The fraction of sp³-hybridized carbons (Fsp3) is 0.533. The summed E-state index contributed by atoms with van der Waals surface area (Å²) < 4.78 is 0. The van der Waals surface area contributed by atoms with E-state index in [1.165, 1.54) is 24.6 Å². The first-order valence-electron chi connectivity index (χ1n) is 6.84. The van der Waals surface area contributed by atoms with Gasteiger partial charge in [-0.1, -0.05) is 6.92 Å². The molecule has 1 saturated carbocycles. The zero-order chi connectivity index (χ0) is 13.7. The second-order valence-corrected chi connectivity index (χ2v) is 6.36. The van der Waals surface area contributed by atoms with Crippen LogP contribution in [0.15, 0.2) is 29.2 Å². The van der Waals surface area contributed by atoms with Gasteiger partial charge < -0.3 is 10.4 Å². The van der Waals surface area contributed by atoms with Gasteiger partial charge in [-0.3, -0.25) is 4.79 Å². The lowest BCUT2D eigenvalue weighted by Gasteiger charge is -2.26. The molecule has 2 rings (SSSR count). The lowest BCUT2D eigenvalue weighted by Crippen LogP contribution is -2.38. The van der Waals surface area contributed by atoms with E-state index in [4.69, 9.17) is 0 Å². The van der Waals surface area contributed by atoms with Crippen LogP contribution in [0, 0.1) is 5.92 Å². The maximum atomic E-state index is 11.9. The van der Waals surface area contributed by atoms with Crippen molar-refractivity contribution < 1.29 is 9.90 Å². The van der Waals surface area contributed by atoms with Crippen molar-refractivity contribution in [1.82, 2.24) is 5.32 Å². The predicted octanol–water partition coefficient (Wildman–Crippen LogP) is 3.18. The molecule has 104 valence electrons. The highest BCUT2D eigenvalue weighted by atomic mass is 32.2. The van der Waals surface area contributed by atoms with Crippen molar-refractivity contribution in [2.75, 3.05) is 5.75 Å². The van der Waals surface area contributed by atoms with E-state index in [9.17, 15) is 9.90 Å². The third-order valence-corrected chi connectivity index (χ3v) is 4.60. The number of phenols is 1. The fourth-order valence-corrected chi connectivity index (χ4v) is 3.07. The molecule has 3 nitrogen and oxygen atoms in total. The highest BCUT2D eigenvalue weighted by molar-refractivity contribution is 8.00. The first kappa shape index (κ1) is 14.3. The molecule has 0 spiro atoms. The van der Waals surface area contributed by atoms with Crippen LogP contribution in [0.5, 0.6) is 5.75 Å². The smallest absolute Gasteiger partial charge is 0.230 e. The van der Waals surface area contributed by atoms with Gasteiger partial charge >= 0.3 is 0 Å². The van der Waals surface area contributed by atoms with E-state index in [1.54, 1.807) is 12.1 Å². The number of hydrogen-bond donors (Lipinski definition) is 2. The van der Waals surface area contributed by atoms with E-state index in [1.807, 2.05) is 12.1 Å². The molecule has 19 heavy (non-hydrogen) atoms. The van der Waals surface area contributed by atoms with Gasteiger partial charge in [-0.05, 0) is 55.9 Å². The molecule has 0 bridgehead atoms. The quantitative estimate of drug-likeness (QED) is 0.832. The molecule has 0 unspecified atom stereocenters. The van der Waals surface area contributed by atoms with Crippen molar-refractivity contribution in [2.24, 2.45) is 5.92 Å². The van der Waals surface area contributed by atoms with Gasteiger partial charge in [-0.15, -0.1) is 11.8 Å². The van der Waals surface area contributed by atoms with Gasteiger partial charge in [0.15, 0.2) is 0 Å². The van der Waals surface area contributed by atoms with Crippen LogP contribution in [0.25, 0.3) is 0 Å². The third kappa shape index (κ3) is 4.78. The largest absolute Gasteiger partial charge is 0.508 e. The minimum absolute atomic E-state index is 0.109. The summed E-state index contributed by atoms with van der Waals surface area (Å²) in [5.41, 5.74) is 0. The van der Waals surface area contributed by atoms with Crippen molar-refractivity contribution >= 4 is 17.7 Å². The van der Waals surface area contributed by atoms with E-state index in [0.29, 0.717) is 11.8 Å². The number of carbonyl (C=O) groups excluding carboxylic acids is 1. The summed E-state index contributed by atoms with van der Waals surface area (Å²) in [5.74, 6) is 1.61. The number of carbonyl (C=O) groups is 1. The molecule has 1 aromatic rings. The first-order chi connectivity index (χ1) is 9.13. The van der Waals surface area contributed by atoms with Crippen LogP contribution in [0.4, 0.5) is 0 Å².